The molecule has 1 N–H and O–H groups in total. The van der Waals surface area contributed by atoms with E-state index in [0.29, 0.717) is 12.3 Å². The SMILES string of the molecule is Cc1cc(CCNC(=O)CSCc2ccccc2)nn1C. The van der Waals surface area contributed by atoms with Crippen LogP contribution in [0.2, 0.25) is 0 Å². The number of aromatic nitrogens is 2. The Morgan fingerprint density at radius 3 is 2.76 bits per heavy atom. The van der Waals surface area contributed by atoms with E-state index in [4.69, 9.17) is 0 Å². The minimum absolute atomic E-state index is 0.0867. The molecule has 2 rings (SSSR count). The van der Waals surface area contributed by atoms with Crippen LogP contribution in [0.3, 0.4) is 0 Å². The highest BCUT2D eigenvalue weighted by molar-refractivity contribution is 7.99. The van der Waals surface area contributed by atoms with E-state index in [0.717, 1.165) is 23.6 Å². The smallest absolute Gasteiger partial charge is 0.230 e. The highest BCUT2D eigenvalue weighted by Gasteiger charge is 2.04. The molecule has 0 bridgehead atoms. The predicted octanol–water partition coefficient (Wildman–Crippen LogP) is 2.32. The molecule has 21 heavy (non-hydrogen) atoms. The molecule has 4 nitrogen and oxygen atoms in total. The summed E-state index contributed by atoms with van der Waals surface area (Å²) in [5.41, 5.74) is 3.40. The quantitative estimate of drug-likeness (QED) is 0.854. The number of benzene rings is 1. The van der Waals surface area contributed by atoms with Crippen LogP contribution in [0.4, 0.5) is 0 Å². The molecule has 1 amide bonds. The first kappa shape index (κ1) is 15.6. The van der Waals surface area contributed by atoms with Crippen molar-refractivity contribution >= 4 is 17.7 Å². The molecule has 2 aromatic rings. The van der Waals surface area contributed by atoms with Crippen molar-refractivity contribution in [2.75, 3.05) is 12.3 Å². The predicted molar refractivity (Wildman–Crippen MR) is 87.3 cm³/mol. The Morgan fingerprint density at radius 2 is 2.10 bits per heavy atom. The van der Waals surface area contributed by atoms with Crippen LogP contribution in [0.15, 0.2) is 36.4 Å². The Balaban J connectivity index is 1.61. The van der Waals surface area contributed by atoms with Gasteiger partial charge in [0.25, 0.3) is 0 Å². The Bertz CT molecular complexity index is 561. The molecule has 0 atom stereocenters. The first-order valence-electron chi connectivity index (χ1n) is 7.03. The molecule has 0 saturated carbocycles. The van der Waals surface area contributed by atoms with Crippen LogP contribution in [-0.4, -0.2) is 28.0 Å². The van der Waals surface area contributed by atoms with Gasteiger partial charge in [-0.15, -0.1) is 11.8 Å². The van der Waals surface area contributed by atoms with E-state index in [9.17, 15) is 4.79 Å². The van der Waals surface area contributed by atoms with Crippen molar-refractivity contribution < 1.29 is 4.79 Å². The van der Waals surface area contributed by atoms with Crippen molar-refractivity contribution in [2.45, 2.75) is 19.1 Å². The third-order valence-electron chi connectivity index (χ3n) is 3.21. The lowest BCUT2D eigenvalue weighted by Gasteiger charge is -2.04. The molecular weight excluding hydrogens is 282 g/mol. The van der Waals surface area contributed by atoms with Gasteiger partial charge < -0.3 is 5.32 Å². The van der Waals surface area contributed by atoms with Crippen LogP contribution in [0, 0.1) is 6.92 Å². The van der Waals surface area contributed by atoms with Gasteiger partial charge in [0.1, 0.15) is 0 Å². The zero-order chi connectivity index (χ0) is 15.1. The van der Waals surface area contributed by atoms with Crippen LogP contribution < -0.4 is 5.32 Å². The summed E-state index contributed by atoms with van der Waals surface area (Å²) in [6, 6.07) is 12.2. The van der Waals surface area contributed by atoms with E-state index in [2.05, 4.69) is 28.6 Å². The van der Waals surface area contributed by atoms with E-state index < -0.39 is 0 Å². The normalized spacial score (nSPS) is 10.6. The standard InChI is InChI=1S/C16H21N3OS/c1-13-10-15(18-19(13)2)8-9-17-16(20)12-21-11-14-6-4-3-5-7-14/h3-7,10H,8-9,11-12H2,1-2H3,(H,17,20). The van der Waals surface area contributed by atoms with Gasteiger partial charge in [-0.05, 0) is 18.6 Å². The second kappa shape index (κ2) is 7.88. The van der Waals surface area contributed by atoms with E-state index in [1.165, 1.54) is 5.56 Å². The van der Waals surface area contributed by atoms with E-state index in [1.54, 1.807) is 11.8 Å². The van der Waals surface area contributed by atoms with Crippen LogP contribution in [-0.2, 0) is 24.0 Å². The maximum atomic E-state index is 11.7. The van der Waals surface area contributed by atoms with Gasteiger partial charge in [0.05, 0.1) is 11.4 Å². The lowest BCUT2D eigenvalue weighted by atomic mass is 10.2. The van der Waals surface area contributed by atoms with Gasteiger partial charge in [-0.25, -0.2) is 0 Å². The summed E-state index contributed by atoms with van der Waals surface area (Å²) in [4.78, 5) is 11.7. The fourth-order valence-electron chi connectivity index (χ4n) is 1.97. The maximum Gasteiger partial charge on any atom is 0.230 e. The summed E-state index contributed by atoms with van der Waals surface area (Å²) < 4.78 is 1.85. The number of thioether (sulfide) groups is 1. The molecule has 0 saturated heterocycles. The number of hydrogen-bond donors (Lipinski definition) is 1. The van der Waals surface area contributed by atoms with Crippen LogP contribution >= 0.6 is 11.8 Å². The summed E-state index contributed by atoms with van der Waals surface area (Å²) in [5.74, 6) is 1.45. The summed E-state index contributed by atoms with van der Waals surface area (Å²) >= 11 is 1.64. The molecule has 0 aliphatic carbocycles. The van der Waals surface area contributed by atoms with E-state index >= 15 is 0 Å². The van der Waals surface area contributed by atoms with Crippen molar-refractivity contribution in [1.82, 2.24) is 15.1 Å². The molecule has 112 valence electrons. The Labute approximate surface area is 129 Å². The average molecular weight is 303 g/mol. The van der Waals surface area contributed by atoms with Crippen LogP contribution in [0.1, 0.15) is 17.0 Å². The Morgan fingerprint density at radius 1 is 1.33 bits per heavy atom. The monoisotopic (exact) mass is 303 g/mol. The maximum absolute atomic E-state index is 11.7. The van der Waals surface area contributed by atoms with Gasteiger partial charge in [-0.2, -0.15) is 5.10 Å². The van der Waals surface area contributed by atoms with Gasteiger partial charge in [0, 0.05) is 31.5 Å². The topological polar surface area (TPSA) is 46.9 Å². The minimum atomic E-state index is 0.0867. The number of nitrogens with one attached hydrogen (secondary N) is 1. The number of amides is 1. The number of nitrogens with zero attached hydrogens (tertiary/aromatic N) is 2. The van der Waals surface area contributed by atoms with Gasteiger partial charge in [0.2, 0.25) is 5.91 Å². The van der Waals surface area contributed by atoms with Gasteiger partial charge in [-0.1, -0.05) is 30.3 Å². The van der Waals surface area contributed by atoms with Crippen LogP contribution in [0.25, 0.3) is 0 Å². The molecule has 1 aromatic carbocycles. The Kier molecular flexibility index (Phi) is 5.87. The number of carbonyl (C=O) groups excluding carboxylic acids is 1. The Hall–Kier alpha value is -1.75. The molecule has 5 heteroatoms. The fourth-order valence-corrected chi connectivity index (χ4v) is 2.79. The molecule has 1 heterocycles. The van der Waals surface area contributed by atoms with Gasteiger partial charge in [-0.3, -0.25) is 9.48 Å². The third kappa shape index (κ3) is 5.27. The highest BCUT2D eigenvalue weighted by Crippen LogP contribution is 2.11. The summed E-state index contributed by atoms with van der Waals surface area (Å²) in [6.07, 6.45) is 0.775. The first-order chi connectivity index (χ1) is 10.1. The van der Waals surface area contributed by atoms with E-state index in [1.807, 2.05) is 36.9 Å². The van der Waals surface area contributed by atoms with Gasteiger partial charge in [0.15, 0.2) is 0 Å². The van der Waals surface area contributed by atoms with Crippen molar-refractivity contribution in [3.63, 3.8) is 0 Å². The second-order valence-corrected chi connectivity index (χ2v) is 5.96. The fraction of sp³-hybridized carbons (Fsp3) is 0.375. The number of hydrogen-bond acceptors (Lipinski definition) is 3. The molecule has 0 aliphatic heterocycles. The zero-order valence-electron chi connectivity index (χ0n) is 12.5. The van der Waals surface area contributed by atoms with Crippen LogP contribution in [0.5, 0.6) is 0 Å². The number of carbonyl (C=O) groups is 1. The average Bonchev–Trinajstić information content (AvgIpc) is 2.79. The van der Waals surface area contributed by atoms with Gasteiger partial charge >= 0.3 is 0 Å². The molecular formula is C16H21N3OS. The van der Waals surface area contributed by atoms with Crippen molar-refractivity contribution in [3.8, 4) is 0 Å². The lowest BCUT2D eigenvalue weighted by molar-refractivity contribution is -0.118. The first-order valence-corrected chi connectivity index (χ1v) is 8.18. The molecule has 1 aromatic heterocycles. The lowest BCUT2D eigenvalue weighted by Crippen LogP contribution is -2.27. The molecule has 0 radical (unpaired) electrons. The van der Waals surface area contributed by atoms with E-state index in [-0.39, 0.29) is 5.91 Å². The summed E-state index contributed by atoms with van der Waals surface area (Å²) in [6.45, 7) is 2.66. The third-order valence-corrected chi connectivity index (χ3v) is 4.22. The van der Waals surface area contributed by atoms with Crippen molar-refractivity contribution in [1.29, 1.82) is 0 Å². The number of rotatable bonds is 7. The van der Waals surface area contributed by atoms with Crippen molar-refractivity contribution in [2.24, 2.45) is 7.05 Å². The zero-order valence-corrected chi connectivity index (χ0v) is 13.3. The summed E-state index contributed by atoms with van der Waals surface area (Å²) in [7, 11) is 1.93. The second-order valence-electron chi connectivity index (χ2n) is 4.98. The highest BCUT2D eigenvalue weighted by atomic mass is 32.2. The number of aryl methyl sites for hydroxylation is 2. The largest absolute Gasteiger partial charge is 0.355 e. The minimum Gasteiger partial charge on any atom is -0.355 e. The molecule has 0 fully saturated rings. The van der Waals surface area contributed by atoms with Crippen molar-refractivity contribution in [3.05, 3.63) is 53.3 Å². The molecule has 0 spiro atoms. The summed E-state index contributed by atoms with van der Waals surface area (Å²) in [5, 5.41) is 7.31. The molecule has 0 aliphatic rings. The molecule has 0 unspecified atom stereocenters.